The molecular formula is C12H12FN5. The van der Waals surface area contributed by atoms with Gasteiger partial charge in [-0.1, -0.05) is 0 Å². The molecule has 0 aliphatic rings. The summed E-state index contributed by atoms with van der Waals surface area (Å²) in [5.74, 6) is 1.29. The minimum Gasteiger partial charge on any atom is -0.355 e. The highest BCUT2D eigenvalue weighted by Gasteiger charge is 2.03. The van der Waals surface area contributed by atoms with Crippen LogP contribution in [0.1, 0.15) is 5.82 Å². The topological polar surface area (TPSA) is 69.4 Å². The van der Waals surface area contributed by atoms with E-state index in [-0.39, 0.29) is 5.82 Å². The van der Waals surface area contributed by atoms with Crippen LogP contribution in [0.15, 0.2) is 30.6 Å². The van der Waals surface area contributed by atoms with Gasteiger partial charge in [-0.3, -0.25) is 0 Å². The maximum atomic E-state index is 13.0. The monoisotopic (exact) mass is 245 g/mol. The summed E-state index contributed by atoms with van der Waals surface area (Å²) >= 11 is 0. The molecule has 3 rings (SSSR count). The molecule has 2 heterocycles. The van der Waals surface area contributed by atoms with E-state index in [2.05, 4.69) is 25.3 Å². The van der Waals surface area contributed by atoms with Gasteiger partial charge < -0.3 is 15.3 Å². The lowest BCUT2D eigenvalue weighted by atomic mass is 10.3. The zero-order chi connectivity index (χ0) is 12.4. The molecule has 0 bridgehead atoms. The maximum absolute atomic E-state index is 13.0. The molecule has 0 aliphatic carbocycles. The van der Waals surface area contributed by atoms with Gasteiger partial charge in [0.2, 0.25) is 5.95 Å². The van der Waals surface area contributed by atoms with Crippen molar-refractivity contribution in [2.45, 2.75) is 6.42 Å². The molecule has 92 valence electrons. The summed E-state index contributed by atoms with van der Waals surface area (Å²) in [5, 5.41) is 3.14. The van der Waals surface area contributed by atoms with E-state index < -0.39 is 0 Å². The molecule has 5 nitrogen and oxygen atoms in total. The van der Waals surface area contributed by atoms with Crippen molar-refractivity contribution in [3.05, 3.63) is 42.2 Å². The molecule has 0 spiro atoms. The Morgan fingerprint density at radius 2 is 2.28 bits per heavy atom. The number of anilines is 1. The molecule has 0 atom stereocenters. The predicted molar refractivity (Wildman–Crippen MR) is 66.8 cm³/mol. The van der Waals surface area contributed by atoms with Crippen molar-refractivity contribution in [3.8, 4) is 0 Å². The molecule has 0 saturated carbocycles. The average molecular weight is 245 g/mol. The fourth-order valence-electron chi connectivity index (χ4n) is 1.80. The van der Waals surface area contributed by atoms with Gasteiger partial charge in [-0.2, -0.15) is 0 Å². The second kappa shape index (κ2) is 4.48. The number of aromatic nitrogens is 4. The van der Waals surface area contributed by atoms with Crippen LogP contribution in [0.25, 0.3) is 11.0 Å². The van der Waals surface area contributed by atoms with Crippen molar-refractivity contribution in [1.82, 2.24) is 19.9 Å². The lowest BCUT2D eigenvalue weighted by Gasteiger charge is -1.99. The van der Waals surface area contributed by atoms with Crippen LogP contribution in [0.4, 0.5) is 10.3 Å². The number of rotatable bonds is 4. The first-order valence-electron chi connectivity index (χ1n) is 5.69. The minimum atomic E-state index is -0.270. The fourth-order valence-corrected chi connectivity index (χ4v) is 1.80. The second-order valence-electron chi connectivity index (χ2n) is 3.96. The number of nitrogens with zero attached hydrogens (tertiary/aromatic N) is 2. The summed E-state index contributed by atoms with van der Waals surface area (Å²) in [6, 6.07) is 4.48. The standard InChI is InChI=1S/C12H12FN5/c13-8-1-2-9-10(7-8)18-12(17-9)16-4-3-11-14-5-6-15-11/h1-2,5-7H,3-4H2,(H,14,15)(H2,16,17,18). The number of fused-ring (bicyclic) bond motifs is 1. The van der Waals surface area contributed by atoms with Crippen molar-refractivity contribution in [2.75, 3.05) is 11.9 Å². The van der Waals surface area contributed by atoms with Crippen LogP contribution in [0, 0.1) is 5.82 Å². The van der Waals surface area contributed by atoms with Crippen molar-refractivity contribution < 1.29 is 4.39 Å². The Labute approximate surface area is 102 Å². The Bertz CT molecular complexity index is 644. The van der Waals surface area contributed by atoms with Crippen molar-refractivity contribution in [2.24, 2.45) is 0 Å². The first-order valence-corrected chi connectivity index (χ1v) is 5.69. The van der Waals surface area contributed by atoms with E-state index in [9.17, 15) is 4.39 Å². The third-order valence-electron chi connectivity index (χ3n) is 2.65. The van der Waals surface area contributed by atoms with Crippen LogP contribution in [0.3, 0.4) is 0 Å². The molecule has 6 heteroatoms. The van der Waals surface area contributed by atoms with E-state index in [4.69, 9.17) is 0 Å². The van der Waals surface area contributed by atoms with E-state index >= 15 is 0 Å². The summed E-state index contributed by atoms with van der Waals surface area (Å²) in [5.41, 5.74) is 1.44. The molecule has 18 heavy (non-hydrogen) atoms. The lowest BCUT2D eigenvalue weighted by molar-refractivity contribution is 0.629. The molecule has 0 unspecified atom stereocenters. The molecule has 2 aromatic heterocycles. The van der Waals surface area contributed by atoms with Gasteiger partial charge >= 0.3 is 0 Å². The second-order valence-corrected chi connectivity index (χ2v) is 3.96. The average Bonchev–Trinajstić information content (AvgIpc) is 2.97. The first-order chi connectivity index (χ1) is 8.81. The molecule has 0 aliphatic heterocycles. The van der Waals surface area contributed by atoms with Crippen LogP contribution in [-0.2, 0) is 6.42 Å². The van der Waals surface area contributed by atoms with Crippen LogP contribution in [0.5, 0.6) is 0 Å². The van der Waals surface area contributed by atoms with E-state index in [0.29, 0.717) is 18.0 Å². The lowest BCUT2D eigenvalue weighted by Crippen LogP contribution is -2.06. The number of benzene rings is 1. The maximum Gasteiger partial charge on any atom is 0.201 e. The fraction of sp³-hybridized carbons (Fsp3) is 0.167. The van der Waals surface area contributed by atoms with Crippen LogP contribution in [-0.4, -0.2) is 26.5 Å². The largest absolute Gasteiger partial charge is 0.355 e. The third kappa shape index (κ3) is 2.17. The highest BCUT2D eigenvalue weighted by molar-refractivity contribution is 5.77. The summed E-state index contributed by atoms with van der Waals surface area (Å²) in [6.07, 6.45) is 4.29. The summed E-state index contributed by atoms with van der Waals surface area (Å²) in [4.78, 5) is 14.5. The molecule has 0 amide bonds. The van der Waals surface area contributed by atoms with Crippen LogP contribution < -0.4 is 5.32 Å². The molecule has 3 N–H and O–H groups in total. The van der Waals surface area contributed by atoms with Gasteiger partial charge in [0.05, 0.1) is 11.0 Å². The number of imidazole rings is 2. The Kier molecular flexibility index (Phi) is 2.68. The van der Waals surface area contributed by atoms with Gasteiger partial charge in [0.1, 0.15) is 11.6 Å². The normalized spacial score (nSPS) is 10.9. The number of hydrogen-bond donors (Lipinski definition) is 3. The van der Waals surface area contributed by atoms with E-state index in [1.54, 1.807) is 18.5 Å². The molecule has 0 saturated heterocycles. The number of H-pyrrole nitrogens is 2. The van der Waals surface area contributed by atoms with Crippen molar-refractivity contribution in [3.63, 3.8) is 0 Å². The molecule has 0 fully saturated rings. The number of nitrogens with one attached hydrogen (secondary N) is 3. The zero-order valence-electron chi connectivity index (χ0n) is 9.57. The molecule has 1 aromatic carbocycles. The zero-order valence-corrected chi connectivity index (χ0v) is 9.57. The Balaban J connectivity index is 1.67. The van der Waals surface area contributed by atoms with Gasteiger partial charge in [-0.05, 0) is 18.2 Å². The van der Waals surface area contributed by atoms with E-state index in [0.717, 1.165) is 17.8 Å². The summed E-state index contributed by atoms with van der Waals surface area (Å²) in [6.45, 7) is 0.704. The predicted octanol–water partition coefficient (Wildman–Crippen LogP) is 2.08. The van der Waals surface area contributed by atoms with Gasteiger partial charge in [0.15, 0.2) is 0 Å². The third-order valence-corrected chi connectivity index (χ3v) is 2.65. The Morgan fingerprint density at radius 3 is 3.11 bits per heavy atom. The van der Waals surface area contributed by atoms with Gasteiger partial charge in [0, 0.05) is 25.4 Å². The van der Waals surface area contributed by atoms with Gasteiger partial charge in [-0.25, -0.2) is 14.4 Å². The first kappa shape index (κ1) is 10.8. The van der Waals surface area contributed by atoms with E-state index in [1.165, 1.54) is 12.1 Å². The van der Waals surface area contributed by atoms with E-state index in [1.807, 2.05) is 0 Å². The number of aromatic amines is 2. The van der Waals surface area contributed by atoms with Gasteiger partial charge in [-0.15, -0.1) is 0 Å². The Morgan fingerprint density at radius 1 is 1.33 bits per heavy atom. The smallest absolute Gasteiger partial charge is 0.201 e. The molecule has 3 aromatic rings. The minimum absolute atomic E-state index is 0.270. The molecule has 0 radical (unpaired) electrons. The number of halogens is 1. The van der Waals surface area contributed by atoms with Crippen LogP contribution in [0.2, 0.25) is 0 Å². The number of hydrogen-bond acceptors (Lipinski definition) is 3. The highest BCUT2D eigenvalue weighted by Crippen LogP contribution is 2.15. The van der Waals surface area contributed by atoms with Crippen molar-refractivity contribution >= 4 is 17.0 Å². The Hall–Kier alpha value is -2.37. The SMILES string of the molecule is Fc1ccc2nc(NCCc3ncc[nH]3)[nH]c2c1. The highest BCUT2D eigenvalue weighted by atomic mass is 19.1. The molecular weight excluding hydrogens is 233 g/mol. The quantitative estimate of drug-likeness (QED) is 0.659. The van der Waals surface area contributed by atoms with Gasteiger partial charge in [0.25, 0.3) is 0 Å². The summed E-state index contributed by atoms with van der Waals surface area (Å²) in [7, 11) is 0. The van der Waals surface area contributed by atoms with Crippen LogP contribution >= 0.6 is 0 Å². The van der Waals surface area contributed by atoms with Crippen molar-refractivity contribution in [1.29, 1.82) is 0 Å². The summed E-state index contributed by atoms with van der Waals surface area (Å²) < 4.78 is 13.0.